The van der Waals surface area contributed by atoms with Gasteiger partial charge in [0.1, 0.15) is 0 Å². The Morgan fingerprint density at radius 3 is 2.52 bits per heavy atom. The molecular formula is C18H12F3N3O. The van der Waals surface area contributed by atoms with E-state index in [-0.39, 0.29) is 5.82 Å². The molecule has 0 atom stereocenters. The summed E-state index contributed by atoms with van der Waals surface area (Å²) in [5.74, 6) is 0.670. The molecule has 0 aliphatic heterocycles. The number of nitrogens with one attached hydrogen (secondary N) is 1. The highest BCUT2D eigenvalue weighted by Gasteiger charge is 2.30. The van der Waals surface area contributed by atoms with Crippen LogP contribution >= 0.6 is 0 Å². The van der Waals surface area contributed by atoms with Gasteiger partial charge >= 0.3 is 6.18 Å². The van der Waals surface area contributed by atoms with Gasteiger partial charge in [-0.3, -0.25) is 0 Å². The highest BCUT2D eigenvalue weighted by Crippen LogP contribution is 2.30. The number of hydrogen-bond donors (Lipinski definition) is 1. The molecule has 0 spiro atoms. The number of aromatic nitrogens is 3. The van der Waals surface area contributed by atoms with Gasteiger partial charge < -0.3 is 9.51 Å². The monoisotopic (exact) mass is 343 g/mol. The third kappa shape index (κ3) is 3.00. The number of halogens is 3. The van der Waals surface area contributed by atoms with E-state index in [1.165, 1.54) is 12.1 Å². The predicted molar refractivity (Wildman–Crippen MR) is 85.8 cm³/mol. The highest BCUT2D eigenvalue weighted by molar-refractivity contribution is 5.83. The van der Waals surface area contributed by atoms with Crippen LogP contribution in [0.5, 0.6) is 0 Å². The molecule has 7 heteroatoms. The molecule has 1 N–H and O–H groups in total. The standard InChI is InChI=1S/C18H12F3N3O/c19-18(20,21)13-7-5-11(6-8-13)17-23-16(25-24-17)9-12-10-22-15-4-2-1-3-14(12)15/h1-8,10,22H,9H2. The van der Waals surface area contributed by atoms with Crippen molar-refractivity contribution in [1.82, 2.24) is 15.1 Å². The van der Waals surface area contributed by atoms with Gasteiger partial charge in [0.15, 0.2) is 0 Å². The fraction of sp³-hybridized carbons (Fsp3) is 0.111. The van der Waals surface area contributed by atoms with Crippen LogP contribution in [0.25, 0.3) is 22.3 Å². The second-order valence-electron chi connectivity index (χ2n) is 5.62. The van der Waals surface area contributed by atoms with E-state index in [0.717, 1.165) is 28.6 Å². The summed E-state index contributed by atoms with van der Waals surface area (Å²) in [6.45, 7) is 0. The molecule has 0 aliphatic rings. The van der Waals surface area contributed by atoms with Crippen LogP contribution in [0.3, 0.4) is 0 Å². The van der Waals surface area contributed by atoms with Crippen molar-refractivity contribution in [1.29, 1.82) is 0 Å². The summed E-state index contributed by atoms with van der Waals surface area (Å²) < 4.78 is 43.1. The predicted octanol–water partition coefficient (Wildman–Crippen LogP) is 4.83. The van der Waals surface area contributed by atoms with Crippen LogP contribution in [0.2, 0.25) is 0 Å². The minimum Gasteiger partial charge on any atom is -0.361 e. The molecule has 4 aromatic rings. The Kier molecular flexibility index (Phi) is 3.56. The van der Waals surface area contributed by atoms with Gasteiger partial charge in [-0.15, -0.1) is 0 Å². The van der Waals surface area contributed by atoms with Crippen molar-refractivity contribution in [2.45, 2.75) is 12.6 Å². The molecule has 0 amide bonds. The van der Waals surface area contributed by atoms with Crippen LogP contribution < -0.4 is 0 Å². The number of hydrogen-bond acceptors (Lipinski definition) is 3. The maximum absolute atomic E-state index is 12.6. The molecule has 4 nitrogen and oxygen atoms in total. The fourth-order valence-corrected chi connectivity index (χ4v) is 2.69. The van der Waals surface area contributed by atoms with E-state index in [0.29, 0.717) is 17.9 Å². The highest BCUT2D eigenvalue weighted by atomic mass is 19.4. The van der Waals surface area contributed by atoms with Crippen molar-refractivity contribution in [3.05, 3.63) is 71.7 Å². The average Bonchev–Trinajstić information content (AvgIpc) is 3.22. The third-order valence-corrected chi connectivity index (χ3v) is 3.96. The number of nitrogens with zero attached hydrogens (tertiary/aromatic N) is 2. The Morgan fingerprint density at radius 1 is 1.00 bits per heavy atom. The number of H-pyrrole nitrogens is 1. The second kappa shape index (κ2) is 5.77. The number of aromatic amines is 1. The number of benzene rings is 2. The largest absolute Gasteiger partial charge is 0.416 e. The Labute approximate surface area is 140 Å². The maximum atomic E-state index is 12.6. The van der Waals surface area contributed by atoms with E-state index in [1.54, 1.807) is 0 Å². The molecule has 126 valence electrons. The van der Waals surface area contributed by atoms with E-state index in [9.17, 15) is 13.2 Å². The lowest BCUT2D eigenvalue weighted by Gasteiger charge is -2.05. The molecule has 0 saturated heterocycles. The second-order valence-corrected chi connectivity index (χ2v) is 5.62. The lowest BCUT2D eigenvalue weighted by molar-refractivity contribution is -0.137. The molecule has 2 aromatic carbocycles. The summed E-state index contributed by atoms with van der Waals surface area (Å²) in [4.78, 5) is 7.45. The summed E-state index contributed by atoms with van der Waals surface area (Å²) in [5.41, 5.74) is 1.79. The lowest BCUT2D eigenvalue weighted by Crippen LogP contribution is -2.04. The Morgan fingerprint density at radius 2 is 1.76 bits per heavy atom. The van der Waals surface area contributed by atoms with Gasteiger partial charge in [0.25, 0.3) is 0 Å². The van der Waals surface area contributed by atoms with Crippen molar-refractivity contribution in [2.24, 2.45) is 0 Å². The number of para-hydroxylation sites is 1. The van der Waals surface area contributed by atoms with E-state index >= 15 is 0 Å². The number of rotatable bonds is 3. The first-order valence-corrected chi connectivity index (χ1v) is 7.56. The molecule has 4 rings (SSSR count). The molecule has 0 radical (unpaired) electrons. The van der Waals surface area contributed by atoms with Crippen LogP contribution in [0.1, 0.15) is 17.0 Å². The van der Waals surface area contributed by atoms with Gasteiger partial charge in [0.05, 0.1) is 12.0 Å². The fourth-order valence-electron chi connectivity index (χ4n) is 2.69. The van der Waals surface area contributed by atoms with Crippen LogP contribution in [-0.4, -0.2) is 15.1 Å². The first-order chi connectivity index (χ1) is 12.0. The number of fused-ring (bicyclic) bond motifs is 1. The SMILES string of the molecule is FC(F)(F)c1ccc(-c2noc(Cc3c[nH]c4ccccc34)n2)cc1. The van der Waals surface area contributed by atoms with Gasteiger partial charge in [-0.05, 0) is 23.8 Å². The molecular weight excluding hydrogens is 331 g/mol. The molecule has 25 heavy (non-hydrogen) atoms. The van der Waals surface area contributed by atoms with Crippen molar-refractivity contribution in [3.8, 4) is 11.4 Å². The Hall–Kier alpha value is -3.09. The van der Waals surface area contributed by atoms with Crippen LogP contribution in [0.15, 0.2) is 59.3 Å². The van der Waals surface area contributed by atoms with Crippen LogP contribution in [0, 0.1) is 0 Å². The van der Waals surface area contributed by atoms with Gasteiger partial charge in [-0.1, -0.05) is 35.5 Å². The van der Waals surface area contributed by atoms with Crippen molar-refractivity contribution in [3.63, 3.8) is 0 Å². The summed E-state index contributed by atoms with van der Waals surface area (Å²) in [6.07, 6.45) is -2.04. The van der Waals surface area contributed by atoms with E-state index in [4.69, 9.17) is 4.52 Å². The zero-order chi connectivity index (χ0) is 17.4. The smallest absolute Gasteiger partial charge is 0.361 e. The van der Waals surface area contributed by atoms with Gasteiger partial charge in [0.2, 0.25) is 11.7 Å². The molecule has 0 saturated carbocycles. The van der Waals surface area contributed by atoms with Gasteiger partial charge in [-0.2, -0.15) is 18.2 Å². The molecule has 0 unspecified atom stereocenters. The van der Waals surface area contributed by atoms with Crippen molar-refractivity contribution >= 4 is 10.9 Å². The minimum absolute atomic E-state index is 0.267. The van der Waals surface area contributed by atoms with Crippen molar-refractivity contribution < 1.29 is 17.7 Å². The minimum atomic E-state index is -4.36. The van der Waals surface area contributed by atoms with E-state index < -0.39 is 11.7 Å². The van der Waals surface area contributed by atoms with Crippen LogP contribution in [0.4, 0.5) is 13.2 Å². The zero-order valence-electron chi connectivity index (χ0n) is 12.8. The maximum Gasteiger partial charge on any atom is 0.416 e. The molecule has 2 aromatic heterocycles. The topological polar surface area (TPSA) is 54.7 Å². The van der Waals surface area contributed by atoms with Gasteiger partial charge in [0, 0.05) is 22.7 Å². The summed E-state index contributed by atoms with van der Waals surface area (Å²) in [6, 6.07) is 12.5. The Balaban J connectivity index is 1.58. The molecule has 0 bridgehead atoms. The first kappa shape index (κ1) is 15.4. The summed E-state index contributed by atoms with van der Waals surface area (Å²) >= 11 is 0. The lowest BCUT2D eigenvalue weighted by atomic mass is 10.1. The molecule has 0 aliphatic carbocycles. The van der Waals surface area contributed by atoms with Crippen LogP contribution in [-0.2, 0) is 12.6 Å². The first-order valence-electron chi connectivity index (χ1n) is 7.56. The normalized spacial score (nSPS) is 12.0. The van der Waals surface area contributed by atoms with Crippen molar-refractivity contribution in [2.75, 3.05) is 0 Å². The average molecular weight is 343 g/mol. The van der Waals surface area contributed by atoms with E-state index in [2.05, 4.69) is 15.1 Å². The number of alkyl halides is 3. The quantitative estimate of drug-likeness (QED) is 0.580. The zero-order valence-corrected chi connectivity index (χ0v) is 12.8. The van der Waals surface area contributed by atoms with Gasteiger partial charge in [-0.25, -0.2) is 0 Å². The molecule has 0 fully saturated rings. The summed E-state index contributed by atoms with van der Waals surface area (Å²) in [7, 11) is 0. The molecule has 2 heterocycles. The summed E-state index contributed by atoms with van der Waals surface area (Å²) in [5, 5.41) is 4.93. The third-order valence-electron chi connectivity index (χ3n) is 3.96. The Bertz CT molecular complexity index is 1020. The van der Waals surface area contributed by atoms with E-state index in [1.807, 2.05) is 30.5 Å².